The third-order valence-corrected chi connectivity index (χ3v) is 3.58. The van der Waals surface area contributed by atoms with E-state index in [4.69, 9.17) is 0 Å². The van der Waals surface area contributed by atoms with Gasteiger partial charge in [0.1, 0.15) is 0 Å². The van der Waals surface area contributed by atoms with Gasteiger partial charge in [0.15, 0.2) is 0 Å². The van der Waals surface area contributed by atoms with Gasteiger partial charge < -0.3 is 4.98 Å². The Morgan fingerprint density at radius 3 is 2.94 bits per heavy atom. The molecule has 1 N–H and O–H groups in total. The number of aromatic nitrogens is 1. The normalized spacial score (nSPS) is 15.1. The fourth-order valence-electron chi connectivity index (χ4n) is 2.78. The van der Waals surface area contributed by atoms with Crippen molar-refractivity contribution in [1.29, 1.82) is 0 Å². The second-order valence-electron chi connectivity index (χ2n) is 4.68. The molecule has 0 fully saturated rings. The van der Waals surface area contributed by atoms with Crippen molar-refractivity contribution >= 4 is 17.0 Å². The number of benzene rings is 1. The Morgan fingerprint density at radius 1 is 1.28 bits per heavy atom. The van der Waals surface area contributed by atoms with Crippen LogP contribution in [0.1, 0.15) is 29.5 Å². The standard InChI is InChI=1S/C14H14N2O2/c17-16(18)8-7-11-9-15-13-6-5-10-3-1-2-4-12(10)14(11)13/h5-9,15H,1-4H2/b8-7+. The molecule has 3 rings (SSSR count). The number of aromatic amines is 1. The van der Waals surface area contributed by atoms with E-state index >= 15 is 0 Å². The van der Waals surface area contributed by atoms with Crippen molar-refractivity contribution in [1.82, 2.24) is 4.98 Å². The van der Waals surface area contributed by atoms with Gasteiger partial charge in [0.2, 0.25) is 6.20 Å². The maximum atomic E-state index is 10.4. The Morgan fingerprint density at radius 2 is 2.11 bits per heavy atom. The summed E-state index contributed by atoms with van der Waals surface area (Å²) in [6, 6.07) is 4.25. The first-order chi connectivity index (χ1) is 8.75. The maximum Gasteiger partial charge on any atom is 0.235 e. The SMILES string of the molecule is O=[N+]([O-])/C=C/c1c[nH]c2ccc3c(c12)CCCC3. The Bertz CT molecular complexity index is 641. The molecule has 0 amide bonds. The van der Waals surface area contributed by atoms with Crippen molar-refractivity contribution in [3.63, 3.8) is 0 Å². The van der Waals surface area contributed by atoms with Crippen LogP contribution in [0.25, 0.3) is 17.0 Å². The molecule has 1 aromatic carbocycles. The molecule has 0 bridgehead atoms. The molecule has 4 nitrogen and oxygen atoms in total. The minimum Gasteiger partial charge on any atom is -0.361 e. The van der Waals surface area contributed by atoms with Crippen molar-refractivity contribution in [2.24, 2.45) is 0 Å². The first kappa shape index (κ1) is 11.0. The molecular formula is C14H14N2O2. The summed E-state index contributed by atoms with van der Waals surface area (Å²) >= 11 is 0. The van der Waals surface area contributed by atoms with Crippen LogP contribution in [-0.2, 0) is 12.8 Å². The fraction of sp³-hybridized carbons (Fsp3) is 0.286. The van der Waals surface area contributed by atoms with Crippen LogP contribution in [0.4, 0.5) is 0 Å². The van der Waals surface area contributed by atoms with Crippen LogP contribution in [-0.4, -0.2) is 9.91 Å². The monoisotopic (exact) mass is 242 g/mol. The number of rotatable bonds is 2. The number of hydrogen-bond donors (Lipinski definition) is 1. The number of H-pyrrole nitrogens is 1. The van der Waals surface area contributed by atoms with Crippen molar-refractivity contribution in [3.8, 4) is 0 Å². The second kappa shape index (κ2) is 4.29. The third-order valence-electron chi connectivity index (χ3n) is 3.58. The molecule has 0 saturated heterocycles. The van der Waals surface area contributed by atoms with E-state index in [1.165, 1.54) is 24.0 Å². The largest absolute Gasteiger partial charge is 0.361 e. The number of aryl methyl sites for hydroxylation is 2. The molecular weight excluding hydrogens is 228 g/mol. The lowest BCUT2D eigenvalue weighted by Gasteiger charge is -2.16. The fourth-order valence-corrected chi connectivity index (χ4v) is 2.78. The molecule has 1 heterocycles. The van der Waals surface area contributed by atoms with Crippen LogP contribution in [0.3, 0.4) is 0 Å². The van der Waals surface area contributed by atoms with E-state index < -0.39 is 4.92 Å². The summed E-state index contributed by atoms with van der Waals surface area (Å²) in [4.78, 5) is 13.2. The Labute approximate surface area is 104 Å². The van der Waals surface area contributed by atoms with Gasteiger partial charge in [-0.1, -0.05) is 6.07 Å². The van der Waals surface area contributed by atoms with Crippen molar-refractivity contribution in [2.45, 2.75) is 25.7 Å². The smallest absolute Gasteiger partial charge is 0.235 e. The van der Waals surface area contributed by atoms with E-state index in [1.54, 1.807) is 6.08 Å². The highest BCUT2D eigenvalue weighted by molar-refractivity contribution is 5.92. The number of fused-ring (bicyclic) bond motifs is 3. The Hall–Kier alpha value is -2.10. The molecule has 0 radical (unpaired) electrons. The van der Waals surface area contributed by atoms with Gasteiger partial charge in [-0.25, -0.2) is 0 Å². The van der Waals surface area contributed by atoms with E-state index in [-0.39, 0.29) is 0 Å². The van der Waals surface area contributed by atoms with E-state index in [2.05, 4.69) is 17.1 Å². The highest BCUT2D eigenvalue weighted by Gasteiger charge is 2.15. The average molecular weight is 242 g/mol. The molecule has 2 aromatic rings. The Balaban J connectivity index is 2.18. The molecule has 92 valence electrons. The van der Waals surface area contributed by atoms with Crippen LogP contribution in [0.15, 0.2) is 24.5 Å². The van der Waals surface area contributed by atoms with Gasteiger partial charge in [-0.05, 0) is 42.9 Å². The molecule has 0 spiro atoms. The first-order valence-corrected chi connectivity index (χ1v) is 6.19. The van der Waals surface area contributed by atoms with E-state index in [9.17, 15) is 10.1 Å². The lowest BCUT2D eigenvalue weighted by atomic mass is 9.88. The predicted octanol–water partition coefficient (Wildman–Crippen LogP) is 3.29. The van der Waals surface area contributed by atoms with Crippen molar-refractivity contribution in [3.05, 3.63) is 51.3 Å². The van der Waals surface area contributed by atoms with E-state index in [0.717, 1.165) is 35.5 Å². The van der Waals surface area contributed by atoms with E-state index in [0.29, 0.717) is 0 Å². The van der Waals surface area contributed by atoms with Gasteiger partial charge in [0.05, 0.1) is 4.92 Å². The molecule has 0 atom stereocenters. The zero-order chi connectivity index (χ0) is 12.5. The van der Waals surface area contributed by atoms with Crippen LogP contribution in [0.5, 0.6) is 0 Å². The molecule has 18 heavy (non-hydrogen) atoms. The van der Waals surface area contributed by atoms with Gasteiger partial charge in [0, 0.05) is 28.7 Å². The number of nitrogens with zero attached hydrogens (tertiary/aromatic N) is 1. The van der Waals surface area contributed by atoms with Gasteiger partial charge in [0.25, 0.3) is 0 Å². The summed E-state index contributed by atoms with van der Waals surface area (Å²) in [7, 11) is 0. The summed E-state index contributed by atoms with van der Waals surface area (Å²) in [6.07, 6.45) is 9.06. The third kappa shape index (κ3) is 1.79. The van der Waals surface area contributed by atoms with Crippen LogP contribution in [0.2, 0.25) is 0 Å². The molecule has 0 unspecified atom stereocenters. The van der Waals surface area contributed by atoms with Crippen LogP contribution in [0, 0.1) is 10.1 Å². The zero-order valence-electron chi connectivity index (χ0n) is 9.98. The quantitative estimate of drug-likeness (QED) is 0.648. The highest BCUT2D eigenvalue weighted by atomic mass is 16.6. The summed E-state index contributed by atoms with van der Waals surface area (Å²) < 4.78 is 0. The lowest BCUT2D eigenvalue weighted by Crippen LogP contribution is -2.02. The number of nitro groups is 1. The molecule has 1 aliphatic rings. The minimum atomic E-state index is -0.422. The van der Waals surface area contributed by atoms with Crippen LogP contribution >= 0.6 is 0 Å². The summed E-state index contributed by atoms with van der Waals surface area (Å²) in [5.74, 6) is 0. The van der Waals surface area contributed by atoms with E-state index in [1.807, 2.05) is 6.20 Å². The number of nitrogens with one attached hydrogen (secondary N) is 1. The molecule has 0 saturated carbocycles. The van der Waals surface area contributed by atoms with Gasteiger partial charge >= 0.3 is 0 Å². The molecule has 1 aromatic heterocycles. The lowest BCUT2D eigenvalue weighted by molar-refractivity contribution is -0.400. The van der Waals surface area contributed by atoms with Crippen molar-refractivity contribution < 1.29 is 4.92 Å². The highest BCUT2D eigenvalue weighted by Crippen LogP contribution is 2.31. The summed E-state index contributed by atoms with van der Waals surface area (Å²) in [6.45, 7) is 0. The minimum absolute atomic E-state index is 0.422. The topological polar surface area (TPSA) is 58.9 Å². The first-order valence-electron chi connectivity index (χ1n) is 6.19. The van der Waals surface area contributed by atoms with Gasteiger partial charge in [-0.2, -0.15) is 0 Å². The Kier molecular flexibility index (Phi) is 2.63. The molecule has 0 aliphatic heterocycles. The van der Waals surface area contributed by atoms with Gasteiger partial charge in [-0.15, -0.1) is 0 Å². The zero-order valence-corrected chi connectivity index (χ0v) is 9.98. The maximum absolute atomic E-state index is 10.4. The second-order valence-corrected chi connectivity index (χ2v) is 4.68. The summed E-state index contributed by atoms with van der Waals surface area (Å²) in [5, 5.41) is 11.6. The van der Waals surface area contributed by atoms with Crippen molar-refractivity contribution in [2.75, 3.05) is 0 Å². The average Bonchev–Trinajstić information content (AvgIpc) is 2.80. The van der Waals surface area contributed by atoms with Crippen LogP contribution < -0.4 is 0 Å². The summed E-state index contributed by atoms with van der Waals surface area (Å²) in [5.41, 5.74) is 4.74. The van der Waals surface area contributed by atoms with Gasteiger partial charge in [-0.3, -0.25) is 10.1 Å². The molecule has 4 heteroatoms. The predicted molar refractivity (Wildman–Crippen MR) is 71.0 cm³/mol. The molecule has 1 aliphatic carbocycles. The number of hydrogen-bond acceptors (Lipinski definition) is 2.